The number of carbonyl (C=O) groups excluding carboxylic acids is 1. The summed E-state index contributed by atoms with van der Waals surface area (Å²) in [6, 6.07) is 8.06. The first-order valence-corrected chi connectivity index (χ1v) is 8.71. The van der Waals surface area contributed by atoms with Crippen molar-refractivity contribution in [3.05, 3.63) is 34.6 Å². The summed E-state index contributed by atoms with van der Waals surface area (Å²) in [7, 11) is 0. The Labute approximate surface area is 147 Å². The highest BCUT2D eigenvalue weighted by atomic mass is 32.1. The van der Waals surface area contributed by atoms with Gasteiger partial charge >= 0.3 is 0 Å². The van der Waals surface area contributed by atoms with Gasteiger partial charge in [0.25, 0.3) is 0 Å². The van der Waals surface area contributed by atoms with Gasteiger partial charge < -0.3 is 9.80 Å². The van der Waals surface area contributed by atoms with Crippen LogP contribution in [0.2, 0.25) is 0 Å². The number of hydrogen-bond donors (Lipinski definition) is 1. The molecule has 1 aromatic heterocycles. The number of benzene rings is 1. The number of H-pyrrole nitrogens is 1. The maximum Gasteiger partial charge on any atom is 0.242 e. The number of aromatic amines is 1. The number of carbonyl (C=O) groups is 1. The molecule has 1 fully saturated rings. The third-order valence-electron chi connectivity index (χ3n) is 4.53. The molecule has 0 atom stereocenters. The van der Waals surface area contributed by atoms with E-state index >= 15 is 0 Å². The molecule has 1 N–H and O–H groups in total. The first kappa shape index (κ1) is 16.9. The van der Waals surface area contributed by atoms with E-state index in [0.717, 1.165) is 38.3 Å². The number of hydrogen-bond acceptors (Lipinski definition) is 4. The van der Waals surface area contributed by atoms with E-state index in [1.165, 1.54) is 5.56 Å². The Bertz CT molecular complexity index is 756. The number of aromatic nitrogens is 3. The fourth-order valence-corrected chi connectivity index (χ4v) is 3.13. The Morgan fingerprint density at radius 3 is 2.50 bits per heavy atom. The summed E-state index contributed by atoms with van der Waals surface area (Å²) in [4.78, 5) is 16.9. The van der Waals surface area contributed by atoms with Crippen molar-refractivity contribution in [1.29, 1.82) is 0 Å². The number of likely N-dealkylation sites (N-methyl/N-ethyl adjacent to an activating group) is 1. The van der Waals surface area contributed by atoms with Crippen LogP contribution in [0.3, 0.4) is 0 Å². The van der Waals surface area contributed by atoms with Gasteiger partial charge in [-0.1, -0.05) is 36.8 Å². The van der Waals surface area contributed by atoms with Crippen molar-refractivity contribution < 1.29 is 4.79 Å². The van der Waals surface area contributed by atoms with Gasteiger partial charge in [-0.3, -0.25) is 14.5 Å². The Morgan fingerprint density at radius 2 is 1.88 bits per heavy atom. The normalized spacial score (nSPS) is 15.7. The molecular formula is C17H23N5OS. The minimum atomic E-state index is 0.0941. The monoisotopic (exact) mass is 345 g/mol. The molecule has 6 nitrogen and oxygen atoms in total. The van der Waals surface area contributed by atoms with Crippen molar-refractivity contribution in [2.45, 2.75) is 20.4 Å². The number of rotatable bonds is 4. The van der Waals surface area contributed by atoms with Crippen molar-refractivity contribution in [2.75, 3.05) is 32.7 Å². The molecule has 2 heterocycles. The zero-order chi connectivity index (χ0) is 17.1. The summed E-state index contributed by atoms with van der Waals surface area (Å²) in [6.45, 7) is 8.87. The van der Waals surface area contributed by atoms with Gasteiger partial charge in [-0.2, -0.15) is 5.10 Å². The molecular weight excluding hydrogens is 322 g/mol. The molecule has 1 amide bonds. The van der Waals surface area contributed by atoms with E-state index in [1.54, 1.807) is 4.57 Å². The number of amides is 1. The smallest absolute Gasteiger partial charge is 0.242 e. The third kappa shape index (κ3) is 3.57. The maximum atomic E-state index is 12.6. The molecule has 0 aliphatic carbocycles. The van der Waals surface area contributed by atoms with Crippen LogP contribution in [0.15, 0.2) is 24.3 Å². The summed E-state index contributed by atoms with van der Waals surface area (Å²) in [5, 5.41) is 7.12. The topological polar surface area (TPSA) is 57.2 Å². The van der Waals surface area contributed by atoms with Gasteiger partial charge in [0.2, 0.25) is 5.91 Å². The molecule has 24 heavy (non-hydrogen) atoms. The van der Waals surface area contributed by atoms with E-state index in [9.17, 15) is 4.79 Å². The Kier molecular flexibility index (Phi) is 5.11. The number of aryl methyl sites for hydroxylation is 1. The highest BCUT2D eigenvalue weighted by Crippen LogP contribution is 2.18. The molecule has 3 rings (SSSR count). The average molecular weight is 345 g/mol. The van der Waals surface area contributed by atoms with Gasteiger partial charge in [0.05, 0.1) is 0 Å². The highest BCUT2D eigenvalue weighted by Gasteiger charge is 2.21. The summed E-state index contributed by atoms with van der Waals surface area (Å²) in [5.74, 6) is 0.803. The van der Waals surface area contributed by atoms with Crippen molar-refractivity contribution in [1.82, 2.24) is 24.6 Å². The molecule has 7 heteroatoms. The lowest BCUT2D eigenvalue weighted by molar-refractivity contribution is -0.133. The van der Waals surface area contributed by atoms with Gasteiger partial charge in [0.1, 0.15) is 6.54 Å². The predicted molar refractivity (Wildman–Crippen MR) is 96.3 cm³/mol. The third-order valence-corrected chi connectivity index (χ3v) is 4.85. The summed E-state index contributed by atoms with van der Waals surface area (Å²) in [6.07, 6.45) is 0. The molecule has 0 bridgehead atoms. The second kappa shape index (κ2) is 7.27. The van der Waals surface area contributed by atoms with Crippen LogP contribution in [0.5, 0.6) is 0 Å². The number of piperazine rings is 1. The average Bonchev–Trinajstić information content (AvgIpc) is 2.96. The van der Waals surface area contributed by atoms with E-state index in [4.69, 9.17) is 12.2 Å². The molecule has 0 spiro atoms. The lowest BCUT2D eigenvalue weighted by Gasteiger charge is -2.34. The minimum absolute atomic E-state index is 0.0941. The van der Waals surface area contributed by atoms with Crippen LogP contribution in [0.25, 0.3) is 11.4 Å². The fourth-order valence-electron chi connectivity index (χ4n) is 2.94. The standard InChI is InChI=1S/C17H23N5OS/c1-3-20-8-10-21(11-9-20)15(23)12-22-16(18-19-17(22)24)14-6-4-13(2)5-7-14/h4-7H,3,8-12H2,1-2H3,(H,19,24). The number of nitrogens with one attached hydrogen (secondary N) is 1. The number of nitrogens with zero attached hydrogens (tertiary/aromatic N) is 4. The molecule has 0 radical (unpaired) electrons. The van der Waals surface area contributed by atoms with Gasteiger partial charge in [0.15, 0.2) is 10.6 Å². The first-order chi connectivity index (χ1) is 11.6. The largest absolute Gasteiger partial charge is 0.339 e. The van der Waals surface area contributed by atoms with Crippen molar-refractivity contribution in [3.63, 3.8) is 0 Å². The summed E-state index contributed by atoms with van der Waals surface area (Å²) in [5.41, 5.74) is 2.14. The van der Waals surface area contributed by atoms with Crippen LogP contribution >= 0.6 is 12.2 Å². The second-order valence-corrected chi connectivity index (χ2v) is 6.51. The van der Waals surface area contributed by atoms with Crippen LogP contribution in [-0.4, -0.2) is 63.2 Å². The van der Waals surface area contributed by atoms with Gasteiger partial charge in [-0.05, 0) is 25.7 Å². The van der Waals surface area contributed by atoms with Gasteiger partial charge in [-0.25, -0.2) is 0 Å². The van der Waals surface area contributed by atoms with Gasteiger partial charge in [-0.15, -0.1) is 0 Å². The Morgan fingerprint density at radius 1 is 1.21 bits per heavy atom. The lowest BCUT2D eigenvalue weighted by atomic mass is 10.1. The molecule has 2 aromatic rings. The highest BCUT2D eigenvalue weighted by molar-refractivity contribution is 7.71. The Balaban J connectivity index is 1.76. The lowest BCUT2D eigenvalue weighted by Crippen LogP contribution is -2.49. The van der Waals surface area contributed by atoms with Crippen molar-refractivity contribution >= 4 is 18.1 Å². The van der Waals surface area contributed by atoms with E-state index in [2.05, 4.69) is 22.0 Å². The Hall–Kier alpha value is -1.99. The second-order valence-electron chi connectivity index (χ2n) is 6.12. The van der Waals surface area contributed by atoms with Crippen LogP contribution < -0.4 is 0 Å². The van der Waals surface area contributed by atoms with Crippen molar-refractivity contribution in [2.24, 2.45) is 0 Å². The maximum absolute atomic E-state index is 12.6. The zero-order valence-electron chi connectivity index (χ0n) is 14.2. The van der Waals surface area contributed by atoms with Crippen LogP contribution in [0.1, 0.15) is 12.5 Å². The molecule has 1 aliphatic rings. The molecule has 1 aliphatic heterocycles. The van der Waals surface area contributed by atoms with E-state index in [0.29, 0.717) is 10.6 Å². The van der Waals surface area contributed by atoms with Crippen molar-refractivity contribution in [3.8, 4) is 11.4 Å². The van der Waals surface area contributed by atoms with Crippen LogP contribution in [0.4, 0.5) is 0 Å². The molecule has 0 saturated carbocycles. The van der Waals surface area contributed by atoms with Crippen LogP contribution in [-0.2, 0) is 11.3 Å². The van der Waals surface area contributed by atoms with Crippen LogP contribution in [0, 0.1) is 11.7 Å². The fraction of sp³-hybridized carbons (Fsp3) is 0.471. The van der Waals surface area contributed by atoms with E-state index in [-0.39, 0.29) is 12.5 Å². The van der Waals surface area contributed by atoms with Gasteiger partial charge in [0, 0.05) is 31.7 Å². The summed E-state index contributed by atoms with van der Waals surface area (Å²) < 4.78 is 2.26. The molecule has 1 aromatic carbocycles. The predicted octanol–water partition coefficient (Wildman–Crippen LogP) is 2.08. The van der Waals surface area contributed by atoms with E-state index in [1.807, 2.05) is 36.1 Å². The SMILES string of the molecule is CCN1CCN(C(=O)Cn2c(-c3ccc(C)cc3)n[nH]c2=S)CC1. The first-order valence-electron chi connectivity index (χ1n) is 8.31. The quantitative estimate of drug-likeness (QED) is 0.862. The molecule has 128 valence electrons. The molecule has 0 unspecified atom stereocenters. The summed E-state index contributed by atoms with van der Waals surface area (Å²) >= 11 is 5.32. The van der Waals surface area contributed by atoms with E-state index < -0.39 is 0 Å². The minimum Gasteiger partial charge on any atom is -0.339 e. The molecule has 1 saturated heterocycles. The zero-order valence-corrected chi connectivity index (χ0v) is 15.0.